The molecule has 1 aliphatic rings. The van der Waals surface area contributed by atoms with Gasteiger partial charge in [0.15, 0.2) is 0 Å². The molecule has 0 aromatic heterocycles. The van der Waals surface area contributed by atoms with Crippen molar-refractivity contribution in [2.24, 2.45) is 0 Å². The molecule has 132 valence electrons. The van der Waals surface area contributed by atoms with Crippen LogP contribution in [0, 0.1) is 0 Å². The van der Waals surface area contributed by atoms with Crippen molar-refractivity contribution in [2.75, 3.05) is 0 Å². The Kier molecular flexibility index (Phi) is 4.94. The fourth-order valence-corrected chi connectivity index (χ4v) is 4.08. The molecule has 0 spiro atoms. The molecule has 26 heavy (non-hydrogen) atoms. The molecule has 0 N–H and O–H groups in total. The van der Waals surface area contributed by atoms with E-state index in [0.29, 0.717) is 10.6 Å². The maximum atomic E-state index is 12.6. The lowest BCUT2D eigenvalue weighted by Gasteiger charge is -2.32. The normalized spacial score (nSPS) is 20.0. The largest absolute Gasteiger partial charge is 0.458 e. The minimum atomic E-state index is -0.265. The third-order valence-corrected chi connectivity index (χ3v) is 5.52. The van der Waals surface area contributed by atoms with Crippen molar-refractivity contribution in [1.29, 1.82) is 0 Å². The molecule has 0 heterocycles. The summed E-state index contributed by atoms with van der Waals surface area (Å²) in [5.74, 6) is -0.0232. The first-order chi connectivity index (χ1) is 12.7. The number of esters is 1. The lowest BCUT2D eigenvalue weighted by atomic mass is 9.80. The van der Waals surface area contributed by atoms with Gasteiger partial charge in [-0.3, -0.25) is 0 Å². The third kappa shape index (κ3) is 3.47. The van der Waals surface area contributed by atoms with Gasteiger partial charge >= 0.3 is 5.97 Å². The van der Waals surface area contributed by atoms with Gasteiger partial charge in [-0.25, -0.2) is 4.79 Å². The van der Waals surface area contributed by atoms with Gasteiger partial charge in [0.1, 0.15) is 6.10 Å². The second kappa shape index (κ2) is 7.51. The summed E-state index contributed by atoms with van der Waals surface area (Å²) in [5.41, 5.74) is 1.84. The van der Waals surface area contributed by atoms with Crippen LogP contribution in [-0.4, -0.2) is 12.1 Å². The van der Waals surface area contributed by atoms with Crippen LogP contribution in [0.5, 0.6) is 0 Å². The Morgan fingerprint density at radius 1 is 0.885 bits per heavy atom. The van der Waals surface area contributed by atoms with Gasteiger partial charge in [0.2, 0.25) is 0 Å². The van der Waals surface area contributed by atoms with Crippen molar-refractivity contribution in [2.45, 2.75) is 37.7 Å². The summed E-state index contributed by atoms with van der Waals surface area (Å²) in [6.07, 6.45) is 4.14. The molecule has 1 saturated carbocycles. The zero-order chi connectivity index (χ0) is 17.9. The zero-order valence-electron chi connectivity index (χ0n) is 14.5. The molecule has 2 atom stereocenters. The summed E-state index contributed by atoms with van der Waals surface area (Å²) >= 11 is 5.91. The number of fused-ring (bicyclic) bond motifs is 1. The lowest BCUT2D eigenvalue weighted by molar-refractivity contribution is 0.0144. The Morgan fingerprint density at radius 3 is 2.46 bits per heavy atom. The average Bonchev–Trinajstić information content (AvgIpc) is 2.68. The van der Waals surface area contributed by atoms with Crippen molar-refractivity contribution in [3.05, 3.63) is 82.9 Å². The van der Waals surface area contributed by atoms with E-state index in [1.54, 1.807) is 24.3 Å². The molecule has 1 aliphatic carbocycles. The number of hydrogen-bond donors (Lipinski definition) is 0. The Balaban J connectivity index is 1.62. The van der Waals surface area contributed by atoms with Crippen molar-refractivity contribution < 1.29 is 9.53 Å². The minimum Gasteiger partial charge on any atom is -0.458 e. The van der Waals surface area contributed by atoms with Crippen LogP contribution >= 0.6 is 11.6 Å². The van der Waals surface area contributed by atoms with E-state index in [0.717, 1.165) is 19.3 Å². The number of benzene rings is 3. The Hall–Kier alpha value is -2.32. The predicted octanol–water partition coefficient (Wildman–Crippen LogP) is 6.38. The lowest BCUT2D eigenvalue weighted by Crippen LogP contribution is -2.28. The molecule has 2 nitrogen and oxygen atoms in total. The Labute approximate surface area is 158 Å². The first-order valence-corrected chi connectivity index (χ1v) is 9.54. The molecule has 0 unspecified atom stereocenters. The molecular weight excluding hydrogens is 344 g/mol. The van der Waals surface area contributed by atoms with Crippen molar-refractivity contribution in [3.8, 4) is 0 Å². The van der Waals surface area contributed by atoms with E-state index in [9.17, 15) is 4.79 Å². The van der Waals surface area contributed by atoms with Crippen LogP contribution in [0.15, 0.2) is 66.7 Å². The van der Waals surface area contributed by atoms with E-state index < -0.39 is 0 Å². The minimum absolute atomic E-state index is 0.0854. The fraction of sp³-hybridized carbons (Fsp3) is 0.261. The number of carbonyl (C=O) groups excluding carboxylic acids is 1. The number of halogens is 1. The fourth-order valence-electron chi connectivity index (χ4n) is 3.96. The molecule has 4 rings (SSSR count). The molecule has 1 fully saturated rings. The first kappa shape index (κ1) is 17.1. The number of hydrogen-bond acceptors (Lipinski definition) is 2. The van der Waals surface area contributed by atoms with Crippen molar-refractivity contribution in [3.63, 3.8) is 0 Å². The number of rotatable bonds is 3. The second-order valence-electron chi connectivity index (χ2n) is 6.91. The van der Waals surface area contributed by atoms with Gasteiger partial charge in [-0.1, -0.05) is 60.5 Å². The summed E-state index contributed by atoms with van der Waals surface area (Å²) in [7, 11) is 0. The van der Waals surface area contributed by atoms with E-state index in [1.165, 1.54) is 22.8 Å². The van der Waals surface area contributed by atoms with E-state index >= 15 is 0 Å². The SMILES string of the molecule is O=C(O[C@@H]1CCCC[C@@H]1c1cccc2ccccc12)c1ccc(Cl)cc1. The Bertz CT molecular complexity index is 912. The highest BCUT2D eigenvalue weighted by Crippen LogP contribution is 2.38. The van der Waals surface area contributed by atoms with Crippen molar-refractivity contribution in [1.82, 2.24) is 0 Å². The average molecular weight is 365 g/mol. The monoisotopic (exact) mass is 364 g/mol. The van der Waals surface area contributed by atoms with Crippen LogP contribution in [0.1, 0.15) is 47.5 Å². The Morgan fingerprint density at radius 2 is 1.62 bits per heavy atom. The summed E-state index contributed by atoms with van der Waals surface area (Å²) in [4.78, 5) is 12.6. The molecule has 0 amide bonds. The van der Waals surface area contributed by atoms with Gasteiger partial charge in [-0.2, -0.15) is 0 Å². The molecule has 3 aromatic carbocycles. The van der Waals surface area contributed by atoms with E-state index in [2.05, 4.69) is 42.5 Å². The number of carbonyl (C=O) groups is 1. The van der Waals surface area contributed by atoms with Gasteiger partial charge in [0, 0.05) is 10.9 Å². The number of ether oxygens (including phenoxy) is 1. The highest BCUT2D eigenvalue weighted by molar-refractivity contribution is 6.30. The summed E-state index contributed by atoms with van der Waals surface area (Å²) in [6, 6.07) is 21.7. The summed E-state index contributed by atoms with van der Waals surface area (Å²) in [5, 5.41) is 3.11. The van der Waals surface area contributed by atoms with Gasteiger partial charge < -0.3 is 4.74 Å². The smallest absolute Gasteiger partial charge is 0.338 e. The standard InChI is InChI=1S/C23H21ClO2/c24-18-14-12-17(13-15-18)23(25)26-22-11-4-3-9-21(22)20-10-5-7-16-6-1-2-8-19(16)20/h1-2,5-8,10,12-15,21-22H,3-4,9,11H2/t21-,22-/m1/s1. The molecule has 0 saturated heterocycles. The van der Waals surface area contributed by atoms with E-state index in [1.807, 2.05) is 0 Å². The van der Waals surface area contributed by atoms with Crippen LogP contribution in [0.25, 0.3) is 10.8 Å². The quantitative estimate of drug-likeness (QED) is 0.504. The van der Waals surface area contributed by atoms with Crippen molar-refractivity contribution >= 4 is 28.3 Å². The molecule has 0 aliphatic heterocycles. The zero-order valence-corrected chi connectivity index (χ0v) is 15.3. The molecule has 0 bridgehead atoms. The van der Waals surface area contributed by atoms with Crippen LogP contribution in [0.2, 0.25) is 5.02 Å². The maximum Gasteiger partial charge on any atom is 0.338 e. The molecular formula is C23H21ClO2. The topological polar surface area (TPSA) is 26.3 Å². The third-order valence-electron chi connectivity index (χ3n) is 5.26. The molecule has 0 radical (unpaired) electrons. The van der Waals surface area contributed by atoms with Gasteiger partial charge in [0.25, 0.3) is 0 Å². The summed E-state index contributed by atoms with van der Waals surface area (Å²) in [6.45, 7) is 0. The van der Waals surface area contributed by atoms with Gasteiger partial charge in [-0.15, -0.1) is 0 Å². The van der Waals surface area contributed by atoms with Gasteiger partial charge in [0.05, 0.1) is 5.56 Å². The van der Waals surface area contributed by atoms with E-state index in [4.69, 9.17) is 16.3 Å². The molecule has 3 heteroatoms. The van der Waals surface area contributed by atoms with Crippen LogP contribution in [0.4, 0.5) is 0 Å². The van der Waals surface area contributed by atoms with Gasteiger partial charge in [-0.05, 0) is 59.9 Å². The summed E-state index contributed by atoms with van der Waals surface area (Å²) < 4.78 is 5.95. The van der Waals surface area contributed by atoms with Crippen LogP contribution in [0.3, 0.4) is 0 Å². The van der Waals surface area contributed by atoms with Crippen LogP contribution in [-0.2, 0) is 4.74 Å². The molecule has 3 aromatic rings. The van der Waals surface area contributed by atoms with E-state index in [-0.39, 0.29) is 18.0 Å². The maximum absolute atomic E-state index is 12.6. The second-order valence-corrected chi connectivity index (χ2v) is 7.35. The predicted molar refractivity (Wildman–Crippen MR) is 106 cm³/mol. The highest BCUT2D eigenvalue weighted by atomic mass is 35.5. The first-order valence-electron chi connectivity index (χ1n) is 9.16. The van der Waals surface area contributed by atoms with Crippen LogP contribution < -0.4 is 0 Å². The highest BCUT2D eigenvalue weighted by Gasteiger charge is 2.30.